The second kappa shape index (κ2) is 7.01. The summed E-state index contributed by atoms with van der Waals surface area (Å²) in [6.45, 7) is 0.743. The number of halogens is 1. The van der Waals surface area contributed by atoms with Crippen molar-refractivity contribution in [2.24, 2.45) is 0 Å². The Labute approximate surface area is 147 Å². The van der Waals surface area contributed by atoms with Gasteiger partial charge in [0.1, 0.15) is 22.2 Å². The van der Waals surface area contributed by atoms with Crippen LogP contribution < -0.4 is 9.47 Å². The van der Waals surface area contributed by atoms with E-state index >= 15 is 0 Å². The van der Waals surface area contributed by atoms with Gasteiger partial charge in [-0.3, -0.25) is 0 Å². The lowest BCUT2D eigenvalue weighted by Crippen LogP contribution is -2.29. The van der Waals surface area contributed by atoms with Crippen molar-refractivity contribution in [3.8, 4) is 11.5 Å². The minimum Gasteiger partial charge on any atom is -0.497 e. The van der Waals surface area contributed by atoms with E-state index in [2.05, 4.69) is 0 Å². The lowest BCUT2D eigenvalue weighted by Gasteiger charge is -2.18. The van der Waals surface area contributed by atoms with Crippen LogP contribution in [0.15, 0.2) is 47.4 Å². The Hall–Kier alpha value is -2.12. The maximum Gasteiger partial charge on any atom is 0.246 e. The molecular weight excluding hydrogens is 345 g/mol. The summed E-state index contributed by atoms with van der Waals surface area (Å²) in [5.41, 5.74) is 1.06. The molecule has 1 unspecified atom stereocenters. The zero-order valence-corrected chi connectivity index (χ0v) is 14.9. The highest BCUT2D eigenvalue weighted by atomic mass is 32.2. The monoisotopic (exact) mass is 365 g/mol. The Morgan fingerprint density at radius 1 is 1.08 bits per heavy atom. The Bertz CT molecular complexity index is 852. The van der Waals surface area contributed by atoms with E-state index in [0.717, 1.165) is 17.4 Å². The van der Waals surface area contributed by atoms with Crippen LogP contribution in [0.25, 0.3) is 0 Å². The molecule has 1 aliphatic heterocycles. The third-order valence-corrected chi connectivity index (χ3v) is 6.37. The van der Waals surface area contributed by atoms with Crippen molar-refractivity contribution in [1.29, 1.82) is 0 Å². The Balaban J connectivity index is 1.84. The highest BCUT2D eigenvalue weighted by molar-refractivity contribution is 7.89. The summed E-state index contributed by atoms with van der Waals surface area (Å²) in [5.74, 6) is 0.399. The lowest BCUT2D eigenvalue weighted by molar-refractivity contribution is 0.396. The van der Waals surface area contributed by atoms with E-state index in [1.54, 1.807) is 7.11 Å². The molecule has 0 spiro atoms. The molecule has 0 bridgehead atoms. The number of nitrogens with zero attached hydrogens (tertiary/aromatic N) is 1. The molecule has 5 nitrogen and oxygen atoms in total. The van der Waals surface area contributed by atoms with Crippen LogP contribution in [0.5, 0.6) is 11.5 Å². The first-order valence-electron chi connectivity index (χ1n) is 7.93. The van der Waals surface area contributed by atoms with E-state index in [0.29, 0.717) is 19.5 Å². The minimum absolute atomic E-state index is 0.0974. The van der Waals surface area contributed by atoms with Crippen LogP contribution in [-0.4, -0.2) is 40.0 Å². The molecule has 2 aromatic rings. The maximum atomic E-state index is 13.6. The van der Waals surface area contributed by atoms with Gasteiger partial charge < -0.3 is 9.47 Å². The molecular formula is C18H20FNO4S. The number of rotatable bonds is 5. The SMILES string of the molecule is COc1ccc(C2CCN(S(=O)(=O)c3cc(F)ccc3OC)C2)cc1. The Morgan fingerprint density at radius 2 is 1.80 bits per heavy atom. The van der Waals surface area contributed by atoms with Gasteiger partial charge in [0.25, 0.3) is 0 Å². The summed E-state index contributed by atoms with van der Waals surface area (Å²) in [6, 6.07) is 11.1. The van der Waals surface area contributed by atoms with Gasteiger partial charge in [-0.2, -0.15) is 4.31 Å². The summed E-state index contributed by atoms with van der Waals surface area (Å²) in [6.07, 6.45) is 0.711. The summed E-state index contributed by atoms with van der Waals surface area (Å²) in [7, 11) is -0.840. The minimum atomic E-state index is -3.81. The van der Waals surface area contributed by atoms with Gasteiger partial charge in [0, 0.05) is 13.1 Å². The zero-order chi connectivity index (χ0) is 18.0. The van der Waals surface area contributed by atoms with Crippen molar-refractivity contribution < 1.29 is 22.3 Å². The molecule has 1 aliphatic rings. The van der Waals surface area contributed by atoms with Crippen LogP contribution >= 0.6 is 0 Å². The van der Waals surface area contributed by atoms with Crippen LogP contribution in [0.4, 0.5) is 4.39 Å². The maximum absolute atomic E-state index is 13.6. The highest BCUT2D eigenvalue weighted by Crippen LogP contribution is 2.34. The molecule has 0 aliphatic carbocycles. The molecule has 0 amide bonds. The number of hydrogen-bond acceptors (Lipinski definition) is 4. The fourth-order valence-electron chi connectivity index (χ4n) is 3.09. The van der Waals surface area contributed by atoms with Gasteiger partial charge in [-0.25, -0.2) is 12.8 Å². The normalized spacial score (nSPS) is 18.3. The quantitative estimate of drug-likeness (QED) is 0.817. The fourth-order valence-corrected chi connectivity index (χ4v) is 4.75. The largest absolute Gasteiger partial charge is 0.497 e. The average Bonchev–Trinajstić information content (AvgIpc) is 3.12. The van der Waals surface area contributed by atoms with Gasteiger partial charge in [0.05, 0.1) is 14.2 Å². The van der Waals surface area contributed by atoms with Crippen molar-refractivity contribution in [3.05, 3.63) is 53.8 Å². The van der Waals surface area contributed by atoms with Gasteiger partial charge in [-0.15, -0.1) is 0 Å². The molecule has 1 heterocycles. The van der Waals surface area contributed by atoms with E-state index in [1.165, 1.54) is 23.5 Å². The van der Waals surface area contributed by atoms with Gasteiger partial charge >= 0.3 is 0 Å². The van der Waals surface area contributed by atoms with Gasteiger partial charge in [0.2, 0.25) is 10.0 Å². The summed E-state index contributed by atoms with van der Waals surface area (Å²) < 4.78 is 51.0. The molecule has 2 aromatic carbocycles. The first-order valence-corrected chi connectivity index (χ1v) is 9.37. The summed E-state index contributed by atoms with van der Waals surface area (Å²) in [4.78, 5) is -0.134. The van der Waals surface area contributed by atoms with Crippen LogP contribution in [0.3, 0.4) is 0 Å². The van der Waals surface area contributed by atoms with Crippen molar-refractivity contribution in [1.82, 2.24) is 4.31 Å². The van der Waals surface area contributed by atoms with E-state index in [4.69, 9.17) is 9.47 Å². The molecule has 0 N–H and O–H groups in total. The number of hydrogen-bond donors (Lipinski definition) is 0. The van der Waals surface area contributed by atoms with E-state index in [9.17, 15) is 12.8 Å². The number of ether oxygens (including phenoxy) is 2. The second-order valence-corrected chi connectivity index (χ2v) is 7.82. The molecule has 0 aromatic heterocycles. The predicted octanol–water partition coefficient (Wildman–Crippen LogP) is 3.02. The molecule has 7 heteroatoms. The second-order valence-electron chi connectivity index (χ2n) is 5.92. The average molecular weight is 365 g/mol. The molecule has 1 atom stereocenters. The molecule has 1 fully saturated rings. The van der Waals surface area contributed by atoms with Crippen molar-refractivity contribution in [2.75, 3.05) is 27.3 Å². The van der Waals surface area contributed by atoms with Crippen LogP contribution in [0.1, 0.15) is 17.9 Å². The molecule has 0 saturated carbocycles. The Morgan fingerprint density at radius 3 is 2.44 bits per heavy atom. The Kier molecular flexibility index (Phi) is 4.96. The van der Waals surface area contributed by atoms with Crippen LogP contribution in [-0.2, 0) is 10.0 Å². The highest BCUT2D eigenvalue weighted by Gasteiger charge is 2.35. The first kappa shape index (κ1) is 17.7. The topological polar surface area (TPSA) is 55.8 Å². The third kappa shape index (κ3) is 3.48. The first-order chi connectivity index (χ1) is 12.0. The van der Waals surface area contributed by atoms with Gasteiger partial charge in [-0.1, -0.05) is 12.1 Å². The smallest absolute Gasteiger partial charge is 0.246 e. The zero-order valence-electron chi connectivity index (χ0n) is 14.1. The van der Waals surface area contributed by atoms with Crippen molar-refractivity contribution in [2.45, 2.75) is 17.2 Å². The molecule has 134 valence electrons. The predicted molar refractivity (Wildman–Crippen MR) is 92.1 cm³/mol. The van der Waals surface area contributed by atoms with Crippen LogP contribution in [0, 0.1) is 5.82 Å². The van der Waals surface area contributed by atoms with E-state index < -0.39 is 15.8 Å². The lowest BCUT2D eigenvalue weighted by atomic mass is 9.99. The van der Waals surface area contributed by atoms with Crippen LogP contribution in [0.2, 0.25) is 0 Å². The number of methoxy groups -OCH3 is 2. The van der Waals surface area contributed by atoms with Gasteiger partial charge in [0.15, 0.2) is 0 Å². The summed E-state index contributed by atoms with van der Waals surface area (Å²) >= 11 is 0. The molecule has 25 heavy (non-hydrogen) atoms. The van der Waals surface area contributed by atoms with Crippen molar-refractivity contribution in [3.63, 3.8) is 0 Å². The van der Waals surface area contributed by atoms with Crippen molar-refractivity contribution >= 4 is 10.0 Å². The standard InChI is InChI=1S/C18H20FNO4S/c1-23-16-6-3-13(4-7-16)14-9-10-20(12-14)25(21,22)18-11-15(19)5-8-17(18)24-2/h3-8,11,14H,9-10,12H2,1-2H3. The van der Waals surface area contributed by atoms with Gasteiger partial charge in [-0.05, 0) is 48.2 Å². The number of benzene rings is 2. The number of sulfonamides is 1. The third-order valence-electron chi connectivity index (χ3n) is 4.48. The molecule has 1 saturated heterocycles. The fraction of sp³-hybridized carbons (Fsp3) is 0.333. The molecule has 0 radical (unpaired) electrons. The van der Waals surface area contributed by atoms with E-state index in [-0.39, 0.29) is 16.6 Å². The molecule has 3 rings (SSSR count). The summed E-state index contributed by atoms with van der Waals surface area (Å²) in [5, 5.41) is 0. The van der Waals surface area contributed by atoms with E-state index in [1.807, 2.05) is 24.3 Å².